The summed E-state index contributed by atoms with van der Waals surface area (Å²) in [6.07, 6.45) is 0.924. The van der Waals surface area contributed by atoms with Crippen LogP contribution in [0, 0.1) is 0 Å². The Morgan fingerprint density at radius 3 is 2.80 bits per heavy atom. The lowest BCUT2D eigenvalue weighted by atomic mass is 10.1. The van der Waals surface area contributed by atoms with E-state index in [1.54, 1.807) is 0 Å². The molecule has 0 aromatic heterocycles. The molecule has 1 aromatic carbocycles. The molecule has 15 heavy (non-hydrogen) atoms. The van der Waals surface area contributed by atoms with Gasteiger partial charge in [0.15, 0.2) is 0 Å². The van der Waals surface area contributed by atoms with Crippen molar-refractivity contribution in [2.24, 2.45) is 5.73 Å². The quantitative estimate of drug-likeness (QED) is 0.611. The first-order chi connectivity index (χ1) is 7.24. The molecule has 0 unspecified atom stereocenters. The molecule has 4 nitrogen and oxygen atoms in total. The molecular formula is C11H16N2O2. The van der Waals surface area contributed by atoms with Crippen molar-refractivity contribution < 1.29 is 9.90 Å². The minimum atomic E-state index is -0.817. The molecular weight excluding hydrogens is 192 g/mol. The Kier molecular flexibility index (Phi) is 4.63. The summed E-state index contributed by atoms with van der Waals surface area (Å²) in [7, 11) is 0. The van der Waals surface area contributed by atoms with Crippen LogP contribution in [-0.4, -0.2) is 24.2 Å². The number of anilines is 1. The van der Waals surface area contributed by atoms with E-state index in [2.05, 4.69) is 5.32 Å². The van der Waals surface area contributed by atoms with Crippen LogP contribution in [-0.2, 0) is 11.2 Å². The van der Waals surface area contributed by atoms with E-state index >= 15 is 0 Å². The van der Waals surface area contributed by atoms with Crippen LogP contribution in [0.5, 0.6) is 0 Å². The highest BCUT2D eigenvalue weighted by molar-refractivity contribution is 5.73. The second-order valence-corrected chi connectivity index (χ2v) is 3.30. The van der Waals surface area contributed by atoms with Crippen molar-refractivity contribution in [1.82, 2.24) is 0 Å². The van der Waals surface area contributed by atoms with Crippen LogP contribution in [0.25, 0.3) is 0 Å². The molecule has 0 aliphatic carbocycles. The molecule has 0 fully saturated rings. The van der Waals surface area contributed by atoms with Crippen molar-refractivity contribution >= 4 is 11.7 Å². The molecule has 0 atom stereocenters. The van der Waals surface area contributed by atoms with Crippen molar-refractivity contribution in [2.75, 3.05) is 18.4 Å². The predicted octanol–water partition coefficient (Wildman–Crippen LogP) is 1.07. The molecule has 4 N–H and O–H groups in total. The monoisotopic (exact) mass is 208 g/mol. The number of rotatable bonds is 6. The zero-order chi connectivity index (χ0) is 11.1. The van der Waals surface area contributed by atoms with E-state index in [0.717, 1.165) is 24.2 Å². The summed E-state index contributed by atoms with van der Waals surface area (Å²) in [5, 5.41) is 11.9. The molecule has 0 aliphatic rings. The van der Waals surface area contributed by atoms with Crippen molar-refractivity contribution in [3.63, 3.8) is 0 Å². The number of benzene rings is 1. The van der Waals surface area contributed by atoms with Gasteiger partial charge in [-0.05, 0) is 24.6 Å². The van der Waals surface area contributed by atoms with Gasteiger partial charge in [0.25, 0.3) is 0 Å². The molecule has 0 spiro atoms. The summed E-state index contributed by atoms with van der Waals surface area (Å²) in [6.45, 7) is 1.40. The summed E-state index contributed by atoms with van der Waals surface area (Å²) in [5.74, 6) is -0.817. The average Bonchev–Trinajstić information content (AvgIpc) is 2.20. The van der Waals surface area contributed by atoms with E-state index in [1.165, 1.54) is 0 Å². The lowest BCUT2D eigenvalue weighted by Gasteiger charge is -2.09. The maximum Gasteiger partial charge on any atom is 0.307 e. The molecule has 0 saturated carbocycles. The van der Waals surface area contributed by atoms with Crippen LogP contribution in [0.4, 0.5) is 5.69 Å². The summed E-state index contributed by atoms with van der Waals surface area (Å²) < 4.78 is 0. The molecule has 0 heterocycles. The maximum atomic E-state index is 10.6. The molecule has 4 heteroatoms. The first kappa shape index (κ1) is 11.5. The zero-order valence-electron chi connectivity index (χ0n) is 8.57. The number of carboxylic acid groups (broad SMARTS) is 1. The van der Waals surface area contributed by atoms with Gasteiger partial charge in [0, 0.05) is 12.2 Å². The van der Waals surface area contributed by atoms with E-state index in [9.17, 15) is 4.79 Å². The lowest BCUT2D eigenvalue weighted by molar-refractivity contribution is -0.136. The van der Waals surface area contributed by atoms with E-state index in [4.69, 9.17) is 10.8 Å². The van der Waals surface area contributed by atoms with Crippen LogP contribution < -0.4 is 11.1 Å². The highest BCUT2D eigenvalue weighted by atomic mass is 16.4. The van der Waals surface area contributed by atoms with Crippen LogP contribution in [0.2, 0.25) is 0 Å². The smallest absolute Gasteiger partial charge is 0.307 e. The molecule has 0 amide bonds. The Morgan fingerprint density at radius 1 is 1.40 bits per heavy atom. The van der Waals surface area contributed by atoms with Gasteiger partial charge in [-0.25, -0.2) is 0 Å². The second-order valence-electron chi connectivity index (χ2n) is 3.30. The maximum absolute atomic E-state index is 10.6. The van der Waals surface area contributed by atoms with Gasteiger partial charge in [-0.15, -0.1) is 0 Å². The fourth-order valence-electron chi connectivity index (χ4n) is 1.33. The number of carbonyl (C=O) groups is 1. The van der Waals surface area contributed by atoms with Crippen LogP contribution >= 0.6 is 0 Å². The third-order valence-corrected chi connectivity index (χ3v) is 2.06. The van der Waals surface area contributed by atoms with Gasteiger partial charge in [-0.2, -0.15) is 0 Å². The van der Waals surface area contributed by atoms with Gasteiger partial charge < -0.3 is 16.2 Å². The number of para-hydroxylation sites is 1. The number of nitrogens with one attached hydrogen (secondary N) is 1. The summed E-state index contributed by atoms with van der Waals surface area (Å²) in [5.41, 5.74) is 7.07. The Labute approximate surface area is 89.1 Å². The van der Waals surface area contributed by atoms with Gasteiger partial charge in [0.05, 0.1) is 6.42 Å². The highest BCUT2D eigenvalue weighted by Gasteiger charge is 2.04. The van der Waals surface area contributed by atoms with E-state index in [1.807, 2.05) is 24.3 Å². The van der Waals surface area contributed by atoms with E-state index in [0.29, 0.717) is 6.54 Å². The van der Waals surface area contributed by atoms with E-state index in [-0.39, 0.29) is 6.42 Å². The molecule has 0 saturated heterocycles. The summed E-state index contributed by atoms with van der Waals surface area (Å²) in [6, 6.07) is 7.43. The van der Waals surface area contributed by atoms with Crippen LogP contribution in [0.15, 0.2) is 24.3 Å². The number of hydrogen-bond donors (Lipinski definition) is 3. The molecule has 0 bridgehead atoms. The third-order valence-electron chi connectivity index (χ3n) is 2.06. The SMILES string of the molecule is NCCCNc1ccccc1CC(=O)O. The number of aliphatic carboxylic acids is 1. The van der Waals surface area contributed by atoms with Crippen LogP contribution in [0.1, 0.15) is 12.0 Å². The molecule has 1 rings (SSSR count). The summed E-state index contributed by atoms with van der Waals surface area (Å²) in [4.78, 5) is 10.6. The zero-order valence-corrected chi connectivity index (χ0v) is 8.57. The average molecular weight is 208 g/mol. The fraction of sp³-hybridized carbons (Fsp3) is 0.364. The van der Waals surface area contributed by atoms with Crippen molar-refractivity contribution in [3.8, 4) is 0 Å². The van der Waals surface area contributed by atoms with Crippen molar-refractivity contribution in [3.05, 3.63) is 29.8 Å². The Hall–Kier alpha value is -1.55. The second kappa shape index (κ2) is 6.03. The van der Waals surface area contributed by atoms with Gasteiger partial charge in [0.2, 0.25) is 0 Å². The first-order valence-electron chi connectivity index (χ1n) is 4.97. The minimum Gasteiger partial charge on any atom is -0.481 e. The van der Waals surface area contributed by atoms with E-state index < -0.39 is 5.97 Å². The largest absolute Gasteiger partial charge is 0.481 e. The standard InChI is InChI=1S/C11H16N2O2/c12-6-3-7-13-10-5-2-1-4-9(10)8-11(14)15/h1-2,4-5,13H,3,6-8,12H2,(H,14,15). The Bertz CT molecular complexity index is 326. The predicted molar refractivity (Wildman–Crippen MR) is 59.9 cm³/mol. The molecule has 0 radical (unpaired) electrons. The normalized spacial score (nSPS) is 9.93. The number of carboxylic acids is 1. The Morgan fingerprint density at radius 2 is 2.13 bits per heavy atom. The third kappa shape index (κ3) is 3.99. The van der Waals surface area contributed by atoms with Crippen LogP contribution in [0.3, 0.4) is 0 Å². The van der Waals surface area contributed by atoms with Crippen molar-refractivity contribution in [2.45, 2.75) is 12.8 Å². The topological polar surface area (TPSA) is 75.3 Å². The number of hydrogen-bond acceptors (Lipinski definition) is 3. The lowest BCUT2D eigenvalue weighted by Crippen LogP contribution is -2.11. The first-order valence-corrected chi connectivity index (χ1v) is 4.97. The summed E-state index contributed by atoms with van der Waals surface area (Å²) >= 11 is 0. The van der Waals surface area contributed by atoms with Gasteiger partial charge >= 0.3 is 5.97 Å². The molecule has 82 valence electrons. The van der Waals surface area contributed by atoms with Gasteiger partial charge in [0.1, 0.15) is 0 Å². The van der Waals surface area contributed by atoms with Gasteiger partial charge in [-0.3, -0.25) is 4.79 Å². The van der Waals surface area contributed by atoms with Crippen molar-refractivity contribution in [1.29, 1.82) is 0 Å². The fourth-order valence-corrected chi connectivity index (χ4v) is 1.33. The Balaban J connectivity index is 2.64. The highest BCUT2D eigenvalue weighted by Crippen LogP contribution is 2.15. The minimum absolute atomic E-state index is 0.0474. The molecule has 1 aromatic rings. The van der Waals surface area contributed by atoms with Gasteiger partial charge in [-0.1, -0.05) is 18.2 Å². The molecule has 0 aliphatic heterocycles. The number of nitrogens with two attached hydrogens (primary N) is 1.